The molecule has 0 aromatic carbocycles. The van der Waals surface area contributed by atoms with Crippen molar-refractivity contribution < 1.29 is 22.3 Å². The molecule has 6 heteroatoms. The van der Waals surface area contributed by atoms with E-state index >= 15 is 0 Å². The molecular weight excluding hydrogens is 202 g/mol. The van der Waals surface area contributed by atoms with Crippen LogP contribution in [0, 0.1) is 6.92 Å². The maximum atomic E-state index is 12.2. The molecule has 0 aliphatic carbocycles. The second kappa shape index (κ2) is 3.81. The molecule has 0 atom stereocenters. The lowest BCUT2D eigenvalue weighted by atomic mass is 10.2. The number of halogens is 4. The van der Waals surface area contributed by atoms with E-state index in [1.54, 1.807) is 0 Å². The lowest BCUT2D eigenvalue weighted by Gasteiger charge is -2.08. The van der Waals surface area contributed by atoms with Gasteiger partial charge >= 0.3 is 6.36 Å². The Bertz CT molecular complexity index is 324. The molecule has 0 unspecified atom stereocenters. The lowest BCUT2D eigenvalue weighted by molar-refractivity contribution is -0.276. The predicted octanol–water partition coefficient (Wildman–Crippen LogP) is 2.76. The van der Waals surface area contributed by atoms with Crippen LogP contribution in [0.1, 0.15) is 11.3 Å². The fourth-order valence-electron chi connectivity index (χ4n) is 0.955. The Morgan fingerprint density at radius 2 is 2.00 bits per heavy atom. The Hall–Kier alpha value is -1.33. The van der Waals surface area contributed by atoms with E-state index in [4.69, 9.17) is 0 Å². The number of nitrogens with zero attached hydrogens (tertiary/aromatic N) is 1. The van der Waals surface area contributed by atoms with E-state index in [1.807, 2.05) is 0 Å². The third kappa shape index (κ3) is 3.20. The van der Waals surface area contributed by atoms with Crippen molar-refractivity contribution in [3.63, 3.8) is 0 Å². The highest BCUT2D eigenvalue weighted by molar-refractivity contribution is 5.24. The largest absolute Gasteiger partial charge is 0.574 e. The van der Waals surface area contributed by atoms with Crippen molar-refractivity contribution in [2.75, 3.05) is 0 Å². The average Bonchev–Trinajstić information content (AvgIpc) is 1.99. The molecule has 0 amide bonds. The quantitative estimate of drug-likeness (QED) is 0.698. The van der Waals surface area contributed by atoms with Crippen LogP contribution in [0.4, 0.5) is 17.6 Å². The minimum atomic E-state index is -4.80. The number of hydrogen-bond donors (Lipinski definition) is 0. The zero-order chi connectivity index (χ0) is 10.8. The Morgan fingerprint density at radius 1 is 1.36 bits per heavy atom. The number of rotatable bonds is 2. The third-order valence-electron chi connectivity index (χ3n) is 1.36. The van der Waals surface area contributed by atoms with Gasteiger partial charge in [-0.05, 0) is 18.6 Å². The number of aryl methyl sites for hydroxylation is 1. The molecule has 0 aliphatic heterocycles. The van der Waals surface area contributed by atoms with Crippen LogP contribution in [0.3, 0.4) is 0 Å². The number of alkyl halides is 4. The number of hydrogen-bond acceptors (Lipinski definition) is 2. The van der Waals surface area contributed by atoms with E-state index in [0.29, 0.717) is 0 Å². The first-order valence-corrected chi connectivity index (χ1v) is 3.70. The van der Waals surface area contributed by atoms with E-state index in [1.165, 1.54) is 13.0 Å². The van der Waals surface area contributed by atoms with Crippen LogP contribution in [0.15, 0.2) is 12.1 Å². The highest BCUT2D eigenvalue weighted by atomic mass is 19.4. The normalized spacial score (nSPS) is 11.5. The summed E-state index contributed by atoms with van der Waals surface area (Å²) in [6.07, 6.45) is -4.80. The van der Waals surface area contributed by atoms with Crippen LogP contribution in [0.2, 0.25) is 0 Å². The fraction of sp³-hybridized carbons (Fsp3) is 0.375. The van der Waals surface area contributed by atoms with Crippen LogP contribution in [0.5, 0.6) is 5.88 Å². The minimum absolute atomic E-state index is 0.108. The van der Waals surface area contributed by atoms with E-state index in [-0.39, 0.29) is 11.3 Å². The van der Waals surface area contributed by atoms with Gasteiger partial charge in [-0.25, -0.2) is 9.37 Å². The molecule has 1 heterocycles. The predicted molar refractivity (Wildman–Crippen MR) is 40.5 cm³/mol. The first kappa shape index (κ1) is 10.7. The van der Waals surface area contributed by atoms with Gasteiger partial charge in [0.25, 0.3) is 0 Å². The average molecular weight is 209 g/mol. The zero-order valence-corrected chi connectivity index (χ0v) is 7.23. The van der Waals surface area contributed by atoms with Crippen LogP contribution in [-0.4, -0.2) is 11.3 Å². The molecule has 1 aromatic heterocycles. The Balaban J connectivity index is 2.92. The molecule has 14 heavy (non-hydrogen) atoms. The topological polar surface area (TPSA) is 22.1 Å². The van der Waals surface area contributed by atoms with E-state index in [9.17, 15) is 17.6 Å². The summed E-state index contributed by atoms with van der Waals surface area (Å²) in [5, 5.41) is 0. The van der Waals surface area contributed by atoms with Crippen molar-refractivity contribution in [2.45, 2.75) is 20.0 Å². The standard InChI is InChI=1S/C8H7F4NO/c1-5-2-6(4-9)3-7(13-5)14-8(10,11)12/h2-3H,4H2,1H3. The van der Waals surface area contributed by atoms with Crippen molar-refractivity contribution in [3.05, 3.63) is 23.4 Å². The first-order chi connectivity index (χ1) is 6.40. The summed E-state index contributed by atoms with van der Waals surface area (Å²) in [5.74, 6) is -0.634. The SMILES string of the molecule is Cc1cc(CF)cc(OC(F)(F)F)n1. The Labute approximate surface area is 77.5 Å². The van der Waals surface area contributed by atoms with Gasteiger partial charge in [-0.3, -0.25) is 0 Å². The monoisotopic (exact) mass is 209 g/mol. The molecule has 0 radical (unpaired) electrons. The molecule has 0 fully saturated rings. The Kier molecular flexibility index (Phi) is 2.93. The maximum absolute atomic E-state index is 12.2. The summed E-state index contributed by atoms with van der Waals surface area (Å²) in [4.78, 5) is 3.46. The number of ether oxygens (including phenoxy) is 1. The number of pyridine rings is 1. The van der Waals surface area contributed by atoms with Gasteiger partial charge in [-0.1, -0.05) is 0 Å². The van der Waals surface area contributed by atoms with Gasteiger partial charge in [0.15, 0.2) is 0 Å². The molecule has 1 aromatic rings. The van der Waals surface area contributed by atoms with Crippen LogP contribution in [-0.2, 0) is 6.67 Å². The second-order valence-electron chi connectivity index (χ2n) is 2.64. The van der Waals surface area contributed by atoms with Gasteiger partial charge in [0.2, 0.25) is 5.88 Å². The van der Waals surface area contributed by atoms with Gasteiger partial charge in [-0.2, -0.15) is 0 Å². The smallest absolute Gasteiger partial charge is 0.388 e. The Morgan fingerprint density at radius 3 is 2.50 bits per heavy atom. The highest BCUT2D eigenvalue weighted by Gasteiger charge is 2.31. The summed E-state index contributed by atoms with van der Waals surface area (Å²) in [7, 11) is 0. The molecule has 0 saturated carbocycles. The van der Waals surface area contributed by atoms with Gasteiger partial charge in [0.1, 0.15) is 6.67 Å². The van der Waals surface area contributed by atoms with Crippen molar-refractivity contribution in [3.8, 4) is 5.88 Å². The third-order valence-corrected chi connectivity index (χ3v) is 1.36. The molecule has 0 saturated heterocycles. The van der Waals surface area contributed by atoms with E-state index in [2.05, 4.69) is 9.72 Å². The van der Waals surface area contributed by atoms with Crippen molar-refractivity contribution in [1.82, 2.24) is 4.98 Å². The molecule has 2 nitrogen and oxygen atoms in total. The van der Waals surface area contributed by atoms with Crippen LogP contribution < -0.4 is 4.74 Å². The van der Waals surface area contributed by atoms with Crippen molar-refractivity contribution >= 4 is 0 Å². The second-order valence-corrected chi connectivity index (χ2v) is 2.64. The fourth-order valence-corrected chi connectivity index (χ4v) is 0.955. The molecular formula is C8H7F4NO. The van der Waals surface area contributed by atoms with Gasteiger partial charge in [0, 0.05) is 11.8 Å². The molecule has 0 bridgehead atoms. The summed E-state index contributed by atoms with van der Waals surface area (Å²) in [5.41, 5.74) is 0.385. The van der Waals surface area contributed by atoms with E-state index in [0.717, 1.165) is 6.07 Å². The molecule has 1 rings (SSSR count). The number of aromatic nitrogens is 1. The molecule has 0 N–H and O–H groups in total. The lowest BCUT2D eigenvalue weighted by Crippen LogP contribution is -2.18. The summed E-state index contributed by atoms with van der Waals surface area (Å²) in [6.45, 7) is 0.611. The van der Waals surface area contributed by atoms with Crippen LogP contribution >= 0.6 is 0 Å². The summed E-state index contributed by atoms with van der Waals surface area (Å²) in [6, 6.07) is 2.27. The summed E-state index contributed by atoms with van der Waals surface area (Å²) < 4.78 is 51.0. The maximum Gasteiger partial charge on any atom is 0.574 e. The molecule has 0 spiro atoms. The van der Waals surface area contributed by atoms with Crippen molar-refractivity contribution in [1.29, 1.82) is 0 Å². The van der Waals surface area contributed by atoms with Crippen LogP contribution in [0.25, 0.3) is 0 Å². The summed E-state index contributed by atoms with van der Waals surface area (Å²) >= 11 is 0. The molecule has 78 valence electrons. The molecule has 0 aliphatic rings. The van der Waals surface area contributed by atoms with E-state index < -0.39 is 18.9 Å². The highest BCUT2D eigenvalue weighted by Crippen LogP contribution is 2.22. The van der Waals surface area contributed by atoms with Crippen molar-refractivity contribution in [2.24, 2.45) is 0 Å². The zero-order valence-electron chi connectivity index (χ0n) is 7.23. The minimum Gasteiger partial charge on any atom is -0.388 e. The van der Waals surface area contributed by atoms with Gasteiger partial charge < -0.3 is 4.74 Å². The van der Waals surface area contributed by atoms with Gasteiger partial charge in [-0.15, -0.1) is 13.2 Å². The van der Waals surface area contributed by atoms with Gasteiger partial charge in [0.05, 0.1) is 0 Å². The first-order valence-electron chi connectivity index (χ1n) is 3.70.